The molecule has 2 aromatic rings. The van der Waals surface area contributed by atoms with Crippen molar-refractivity contribution in [2.24, 2.45) is 0 Å². The van der Waals surface area contributed by atoms with Crippen LogP contribution in [-0.2, 0) is 16.6 Å². The number of hydrogen-bond donors (Lipinski definition) is 3. The number of hydrogen-bond acceptors (Lipinski definition) is 4. The molecule has 2 amide bonds. The van der Waals surface area contributed by atoms with E-state index < -0.39 is 23.2 Å². The maximum absolute atomic E-state index is 13.3. The molecule has 188 valence electrons. The van der Waals surface area contributed by atoms with Crippen molar-refractivity contribution in [3.05, 3.63) is 71.0 Å². The van der Waals surface area contributed by atoms with Crippen molar-refractivity contribution < 1.29 is 32.3 Å². The molecule has 35 heavy (non-hydrogen) atoms. The Morgan fingerprint density at radius 3 is 2.29 bits per heavy atom. The number of halogens is 4. The smallest absolute Gasteiger partial charge is 0.385 e. The van der Waals surface area contributed by atoms with E-state index in [0.29, 0.717) is 44.3 Å². The van der Waals surface area contributed by atoms with Gasteiger partial charge in [0.1, 0.15) is 5.82 Å². The van der Waals surface area contributed by atoms with Gasteiger partial charge >= 0.3 is 6.18 Å². The molecule has 1 saturated carbocycles. The van der Waals surface area contributed by atoms with Crippen molar-refractivity contribution in [1.82, 2.24) is 15.5 Å². The second-order valence-corrected chi connectivity index (χ2v) is 9.14. The van der Waals surface area contributed by atoms with Crippen LogP contribution in [0, 0.1) is 5.82 Å². The highest BCUT2D eigenvalue weighted by Crippen LogP contribution is 2.39. The van der Waals surface area contributed by atoms with E-state index in [9.17, 15) is 32.3 Å². The summed E-state index contributed by atoms with van der Waals surface area (Å²) in [5.41, 5.74) is -1.58. The fraction of sp³-hybridized carbons (Fsp3) is 0.440. The van der Waals surface area contributed by atoms with Gasteiger partial charge in [-0.1, -0.05) is 18.2 Å². The van der Waals surface area contributed by atoms with Gasteiger partial charge in [-0.15, -0.1) is 0 Å². The molecule has 0 aromatic heterocycles. The monoisotopic (exact) mass is 493 g/mol. The molecule has 0 spiro atoms. The first-order chi connectivity index (χ1) is 16.6. The van der Waals surface area contributed by atoms with Gasteiger partial charge in [0.25, 0.3) is 5.91 Å². The minimum absolute atomic E-state index is 0.0602. The molecule has 10 heteroatoms. The molecule has 0 bridgehead atoms. The van der Waals surface area contributed by atoms with Gasteiger partial charge in [-0.05, 0) is 61.6 Å². The molecule has 2 aromatic carbocycles. The van der Waals surface area contributed by atoms with Gasteiger partial charge in [0, 0.05) is 24.7 Å². The van der Waals surface area contributed by atoms with Crippen molar-refractivity contribution in [3.8, 4) is 0 Å². The van der Waals surface area contributed by atoms with Crippen LogP contribution in [0.1, 0.15) is 47.2 Å². The van der Waals surface area contributed by atoms with Gasteiger partial charge < -0.3 is 20.6 Å². The summed E-state index contributed by atoms with van der Waals surface area (Å²) in [6.45, 7) is 0.863. The van der Waals surface area contributed by atoms with E-state index in [-0.39, 0.29) is 35.9 Å². The first-order valence-corrected chi connectivity index (χ1v) is 11.5. The summed E-state index contributed by atoms with van der Waals surface area (Å²) in [7, 11) is 0. The lowest BCUT2D eigenvalue weighted by molar-refractivity contribution is -0.139. The number of amides is 2. The van der Waals surface area contributed by atoms with Crippen LogP contribution in [0.3, 0.4) is 0 Å². The normalized spacial score (nSPS) is 22.8. The number of carbonyl (C=O) groups excluding carboxylic acids is 2. The van der Waals surface area contributed by atoms with Crippen LogP contribution in [0.4, 0.5) is 17.6 Å². The van der Waals surface area contributed by atoms with Crippen LogP contribution >= 0.6 is 0 Å². The van der Waals surface area contributed by atoms with E-state index in [0.717, 1.165) is 18.2 Å². The Morgan fingerprint density at radius 2 is 1.71 bits per heavy atom. The van der Waals surface area contributed by atoms with Crippen molar-refractivity contribution in [2.45, 2.75) is 49.5 Å². The molecule has 2 fully saturated rings. The zero-order chi connectivity index (χ0) is 25.2. The third-order valence-corrected chi connectivity index (χ3v) is 6.85. The quantitative estimate of drug-likeness (QED) is 0.540. The van der Waals surface area contributed by atoms with E-state index in [1.807, 2.05) is 0 Å². The number of carbonyl (C=O) groups is 2. The average molecular weight is 494 g/mol. The Morgan fingerprint density at radius 1 is 1.06 bits per heavy atom. The summed E-state index contributed by atoms with van der Waals surface area (Å²) in [5, 5.41) is 16.7. The van der Waals surface area contributed by atoms with Gasteiger partial charge in [0.15, 0.2) is 0 Å². The fourth-order valence-electron chi connectivity index (χ4n) is 4.77. The van der Waals surface area contributed by atoms with Crippen LogP contribution in [0.2, 0.25) is 0 Å². The molecule has 0 atom stereocenters. The molecule has 4 rings (SSSR count). The fourth-order valence-corrected chi connectivity index (χ4v) is 4.77. The van der Waals surface area contributed by atoms with E-state index in [4.69, 9.17) is 0 Å². The molecule has 2 aliphatic rings. The molecule has 0 radical (unpaired) electrons. The highest BCUT2D eigenvalue weighted by molar-refractivity contribution is 5.96. The molecule has 6 nitrogen and oxygen atoms in total. The molecular weight excluding hydrogens is 466 g/mol. The lowest BCUT2D eigenvalue weighted by Crippen LogP contribution is -2.63. The summed E-state index contributed by atoms with van der Waals surface area (Å²) in [4.78, 5) is 27.3. The van der Waals surface area contributed by atoms with E-state index >= 15 is 0 Å². The number of rotatable bonds is 6. The van der Waals surface area contributed by atoms with Crippen molar-refractivity contribution in [2.75, 3.05) is 19.6 Å². The second kappa shape index (κ2) is 9.94. The minimum atomic E-state index is -4.57. The topological polar surface area (TPSA) is 81.7 Å². The van der Waals surface area contributed by atoms with E-state index in [1.165, 1.54) is 18.2 Å². The van der Waals surface area contributed by atoms with E-state index in [2.05, 4.69) is 10.6 Å². The largest absolute Gasteiger partial charge is 0.416 e. The lowest BCUT2D eigenvalue weighted by Gasteiger charge is -2.47. The molecule has 1 aliphatic heterocycles. The van der Waals surface area contributed by atoms with E-state index in [1.54, 1.807) is 17.0 Å². The molecule has 1 aliphatic carbocycles. The first kappa shape index (κ1) is 25.1. The Bertz CT molecular complexity index is 1060. The second-order valence-electron chi connectivity index (χ2n) is 9.14. The van der Waals surface area contributed by atoms with Crippen molar-refractivity contribution >= 4 is 11.8 Å². The Hall–Kier alpha value is -2.98. The lowest BCUT2D eigenvalue weighted by atomic mass is 9.77. The predicted molar refractivity (Wildman–Crippen MR) is 120 cm³/mol. The number of nitrogens with zero attached hydrogens (tertiary/aromatic N) is 1. The zero-order valence-corrected chi connectivity index (χ0v) is 18.9. The Balaban J connectivity index is 1.39. The first-order valence-electron chi connectivity index (χ1n) is 11.5. The Labute approximate surface area is 200 Å². The molecular formula is C25H27F4N3O3. The molecule has 1 saturated heterocycles. The van der Waals surface area contributed by atoms with Gasteiger partial charge in [-0.3, -0.25) is 9.59 Å². The van der Waals surface area contributed by atoms with Gasteiger partial charge in [0.2, 0.25) is 5.91 Å². The molecule has 3 N–H and O–H groups in total. The maximum Gasteiger partial charge on any atom is 0.416 e. The number of aliphatic hydroxyl groups is 1. The van der Waals surface area contributed by atoms with Crippen LogP contribution in [0.15, 0.2) is 48.5 Å². The molecule has 0 unspecified atom stereocenters. The summed E-state index contributed by atoms with van der Waals surface area (Å²) < 4.78 is 52.1. The third kappa shape index (κ3) is 5.65. The maximum atomic E-state index is 13.3. The number of alkyl halides is 3. The van der Waals surface area contributed by atoms with Gasteiger partial charge in [0.05, 0.1) is 23.8 Å². The molecule has 1 heterocycles. The van der Waals surface area contributed by atoms with Crippen LogP contribution in [-0.4, -0.2) is 53.5 Å². The minimum Gasteiger partial charge on any atom is -0.385 e. The number of nitrogens with one attached hydrogen (secondary N) is 2. The summed E-state index contributed by atoms with van der Waals surface area (Å²) >= 11 is 0. The highest BCUT2D eigenvalue weighted by atomic mass is 19.4. The SMILES string of the molecule is O=C(NCC(=O)N(C1CCC(O)(c2ccc(F)cc2)CC1)C1CNC1)c1cccc(C(F)(F)F)c1. The van der Waals surface area contributed by atoms with Gasteiger partial charge in [-0.25, -0.2) is 4.39 Å². The zero-order valence-electron chi connectivity index (χ0n) is 18.9. The van der Waals surface area contributed by atoms with Crippen LogP contribution < -0.4 is 10.6 Å². The van der Waals surface area contributed by atoms with Crippen molar-refractivity contribution in [1.29, 1.82) is 0 Å². The third-order valence-electron chi connectivity index (χ3n) is 6.85. The highest BCUT2D eigenvalue weighted by Gasteiger charge is 2.41. The average Bonchev–Trinajstić information content (AvgIpc) is 2.80. The summed E-state index contributed by atoms with van der Waals surface area (Å²) in [6, 6.07) is 9.58. The van der Waals surface area contributed by atoms with Crippen LogP contribution in [0.5, 0.6) is 0 Å². The van der Waals surface area contributed by atoms with Gasteiger partial charge in [-0.2, -0.15) is 13.2 Å². The Kier molecular flexibility index (Phi) is 7.14. The summed E-state index contributed by atoms with van der Waals surface area (Å²) in [6.07, 6.45) is -2.74. The standard InChI is InChI=1S/C25H27F4N3O3/c26-19-6-4-17(5-7-19)24(35)10-8-20(9-11-24)32(21-13-30-14-21)22(33)15-31-23(34)16-2-1-3-18(12-16)25(27,28)29/h1-7,12,20-21,30,35H,8-11,13-15H2,(H,31,34). The van der Waals surface area contributed by atoms with Crippen LogP contribution in [0.25, 0.3) is 0 Å². The predicted octanol–water partition coefficient (Wildman–Crippen LogP) is 3.21. The number of benzene rings is 2. The summed E-state index contributed by atoms with van der Waals surface area (Å²) in [5.74, 6) is -1.47. The van der Waals surface area contributed by atoms with Crippen molar-refractivity contribution in [3.63, 3.8) is 0 Å².